The van der Waals surface area contributed by atoms with Crippen LogP contribution in [-0.2, 0) is 4.79 Å². The van der Waals surface area contributed by atoms with E-state index in [0.29, 0.717) is 19.1 Å². The van der Waals surface area contributed by atoms with E-state index in [1.165, 1.54) is 0 Å². The summed E-state index contributed by atoms with van der Waals surface area (Å²) in [5, 5.41) is 0. The summed E-state index contributed by atoms with van der Waals surface area (Å²) in [6.45, 7) is 3.96. The summed E-state index contributed by atoms with van der Waals surface area (Å²) in [6.07, 6.45) is 0.859. The predicted molar refractivity (Wildman–Crippen MR) is 69.9 cm³/mol. The van der Waals surface area contributed by atoms with Gasteiger partial charge < -0.3 is 20.3 Å². The van der Waals surface area contributed by atoms with E-state index in [4.69, 9.17) is 10.5 Å². The second-order valence-electron chi connectivity index (χ2n) is 4.30. The molecule has 19 heavy (non-hydrogen) atoms. The summed E-state index contributed by atoms with van der Waals surface area (Å²) in [5.74, 6) is 0.521. The largest absolute Gasteiger partial charge is 0.464 e. The van der Waals surface area contributed by atoms with Gasteiger partial charge in [-0.3, -0.25) is 4.79 Å². The highest BCUT2D eigenvalue weighted by Crippen LogP contribution is 2.15. The average Bonchev–Trinajstić information content (AvgIpc) is 2.52. The van der Waals surface area contributed by atoms with Gasteiger partial charge in [0, 0.05) is 20.1 Å². The quantitative estimate of drug-likeness (QED) is 0.789. The first-order valence-corrected chi connectivity index (χ1v) is 6.23. The maximum absolute atomic E-state index is 11.8. The van der Waals surface area contributed by atoms with Gasteiger partial charge in [0.15, 0.2) is 0 Å². The lowest BCUT2D eigenvalue weighted by molar-refractivity contribution is -0.127. The Hall–Kier alpha value is -2.12. The Labute approximate surface area is 111 Å². The lowest BCUT2D eigenvalue weighted by atomic mass is 10.4. The van der Waals surface area contributed by atoms with Gasteiger partial charge in [-0.1, -0.05) is 0 Å². The van der Waals surface area contributed by atoms with Crippen molar-refractivity contribution in [1.29, 1.82) is 0 Å². The van der Waals surface area contributed by atoms with E-state index in [-0.39, 0.29) is 24.4 Å². The van der Waals surface area contributed by atoms with Crippen molar-refractivity contribution < 1.29 is 9.53 Å². The second kappa shape index (κ2) is 5.68. The molecule has 0 spiro atoms. The molecule has 2 heterocycles. The van der Waals surface area contributed by atoms with E-state index in [1.54, 1.807) is 16.8 Å². The van der Waals surface area contributed by atoms with E-state index in [2.05, 4.69) is 15.0 Å². The summed E-state index contributed by atoms with van der Waals surface area (Å²) in [4.78, 5) is 27.5. The zero-order valence-corrected chi connectivity index (χ0v) is 11.2. The number of nitrogens with zero attached hydrogens (tertiary/aromatic N) is 5. The Morgan fingerprint density at radius 1 is 1.32 bits per heavy atom. The summed E-state index contributed by atoms with van der Waals surface area (Å²) in [5.41, 5.74) is 5.63. The summed E-state index contributed by atoms with van der Waals surface area (Å²) >= 11 is 0. The topological polar surface area (TPSA) is 97.5 Å². The zero-order valence-electron chi connectivity index (χ0n) is 11.2. The van der Waals surface area contributed by atoms with Crippen molar-refractivity contribution in [3.8, 4) is 6.01 Å². The number of likely N-dealkylation sites (N-methyl/N-ethyl adjacent to an activating group) is 1. The number of ether oxygens (including phenoxy) is 1. The van der Waals surface area contributed by atoms with Crippen molar-refractivity contribution in [2.75, 3.05) is 43.9 Å². The highest BCUT2D eigenvalue weighted by Gasteiger charge is 2.22. The number of carbonyl (C=O) groups is 1. The second-order valence-corrected chi connectivity index (χ2v) is 4.30. The van der Waals surface area contributed by atoms with Gasteiger partial charge in [-0.05, 0) is 13.3 Å². The maximum Gasteiger partial charge on any atom is 0.323 e. The van der Waals surface area contributed by atoms with E-state index in [1.807, 2.05) is 6.92 Å². The number of hydrogen-bond donors (Lipinski definition) is 1. The molecule has 0 bridgehead atoms. The van der Waals surface area contributed by atoms with E-state index in [9.17, 15) is 4.79 Å². The number of hydrogen-bond acceptors (Lipinski definition) is 7. The molecule has 2 rings (SSSR count). The molecule has 8 heteroatoms. The summed E-state index contributed by atoms with van der Waals surface area (Å²) in [6, 6.07) is 0.190. The number of amides is 1. The number of nitrogen functional groups attached to an aromatic ring is 1. The van der Waals surface area contributed by atoms with Gasteiger partial charge in [-0.15, -0.1) is 0 Å². The minimum Gasteiger partial charge on any atom is -0.464 e. The van der Waals surface area contributed by atoms with Crippen LogP contribution in [0, 0.1) is 0 Å². The molecule has 1 saturated heterocycles. The molecular weight excluding hydrogens is 248 g/mol. The fraction of sp³-hybridized carbons (Fsp3) is 0.636. The molecule has 1 fully saturated rings. The van der Waals surface area contributed by atoms with Crippen molar-refractivity contribution >= 4 is 17.8 Å². The molecular formula is C11H18N6O2. The SMILES string of the molecule is CCOc1nc(N)nc(N2CCCN(C)C(=O)C2)n1. The third-order valence-electron chi connectivity index (χ3n) is 2.85. The molecule has 1 amide bonds. The number of nitrogens with two attached hydrogens (primary N) is 1. The first kappa shape index (κ1) is 13.3. The third kappa shape index (κ3) is 3.21. The minimum atomic E-state index is 0.0365. The summed E-state index contributed by atoms with van der Waals surface area (Å²) < 4.78 is 5.23. The van der Waals surface area contributed by atoms with Gasteiger partial charge in [-0.25, -0.2) is 0 Å². The third-order valence-corrected chi connectivity index (χ3v) is 2.85. The fourth-order valence-electron chi connectivity index (χ4n) is 1.85. The first-order valence-electron chi connectivity index (χ1n) is 6.23. The molecule has 2 N–H and O–H groups in total. The number of rotatable bonds is 3. The normalized spacial score (nSPS) is 16.4. The lowest BCUT2D eigenvalue weighted by Crippen LogP contribution is -2.35. The molecule has 8 nitrogen and oxygen atoms in total. The van der Waals surface area contributed by atoms with Crippen molar-refractivity contribution in [3.05, 3.63) is 0 Å². The van der Waals surface area contributed by atoms with Crippen molar-refractivity contribution in [3.63, 3.8) is 0 Å². The Kier molecular flexibility index (Phi) is 3.98. The van der Waals surface area contributed by atoms with E-state index >= 15 is 0 Å². The van der Waals surface area contributed by atoms with Gasteiger partial charge in [0.25, 0.3) is 0 Å². The summed E-state index contributed by atoms with van der Waals surface area (Å²) in [7, 11) is 1.79. The van der Waals surface area contributed by atoms with Crippen molar-refractivity contribution in [1.82, 2.24) is 19.9 Å². The van der Waals surface area contributed by atoms with Gasteiger partial charge in [0.2, 0.25) is 17.8 Å². The molecule has 0 aliphatic carbocycles. The van der Waals surface area contributed by atoms with Crippen LogP contribution in [0.4, 0.5) is 11.9 Å². The molecule has 104 valence electrons. The standard InChI is InChI=1S/C11H18N6O2/c1-3-19-11-14-9(12)13-10(15-11)17-6-4-5-16(2)8(18)7-17/h3-7H2,1-2H3,(H2,12,13,14,15). The molecule has 1 aromatic heterocycles. The Morgan fingerprint density at radius 2 is 2.11 bits per heavy atom. The van der Waals surface area contributed by atoms with Gasteiger partial charge in [-0.2, -0.15) is 15.0 Å². The maximum atomic E-state index is 11.8. The van der Waals surface area contributed by atoms with Crippen LogP contribution < -0.4 is 15.4 Å². The number of aromatic nitrogens is 3. The van der Waals surface area contributed by atoms with Crippen molar-refractivity contribution in [2.24, 2.45) is 0 Å². The Balaban J connectivity index is 2.22. The molecule has 0 atom stereocenters. The van der Waals surface area contributed by atoms with Gasteiger partial charge in [0.05, 0.1) is 13.2 Å². The van der Waals surface area contributed by atoms with Gasteiger partial charge >= 0.3 is 6.01 Å². The molecule has 0 aromatic carbocycles. The van der Waals surface area contributed by atoms with Crippen LogP contribution in [0.5, 0.6) is 6.01 Å². The molecule has 1 aromatic rings. The predicted octanol–water partition coefficient (Wildman–Crippen LogP) is -0.479. The minimum absolute atomic E-state index is 0.0365. The van der Waals surface area contributed by atoms with Crippen LogP contribution in [0.3, 0.4) is 0 Å². The number of carbonyl (C=O) groups excluding carboxylic acids is 1. The van der Waals surface area contributed by atoms with Crippen LogP contribution in [0.2, 0.25) is 0 Å². The first-order chi connectivity index (χ1) is 9.10. The zero-order chi connectivity index (χ0) is 13.8. The molecule has 1 aliphatic heterocycles. The highest BCUT2D eigenvalue weighted by molar-refractivity contribution is 5.81. The van der Waals surface area contributed by atoms with Crippen LogP contribution in [0.25, 0.3) is 0 Å². The van der Waals surface area contributed by atoms with Crippen molar-refractivity contribution in [2.45, 2.75) is 13.3 Å². The molecule has 1 aliphatic rings. The van der Waals surface area contributed by atoms with Crippen LogP contribution in [-0.4, -0.2) is 59.0 Å². The van der Waals surface area contributed by atoms with Crippen LogP contribution in [0.1, 0.15) is 13.3 Å². The number of anilines is 2. The van der Waals surface area contributed by atoms with Gasteiger partial charge in [0.1, 0.15) is 0 Å². The lowest BCUT2D eigenvalue weighted by Gasteiger charge is -2.19. The Morgan fingerprint density at radius 3 is 2.84 bits per heavy atom. The highest BCUT2D eigenvalue weighted by atomic mass is 16.5. The average molecular weight is 266 g/mol. The monoisotopic (exact) mass is 266 g/mol. The van der Waals surface area contributed by atoms with Crippen LogP contribution in [0.15, 0.2) is 0 Å². The molecule has 0 saturated carbocycles. The van der Waals surface area contributed by atoms with E-state index in [0.717, 1.165) is 13.0 Å². The fourth-order valence-corrected chi connectivity index (χ4v) is 1.85. The Bertz CT molecular complexity index is 466. The molecule has 0 unspecified atom stereocenters. The van der Waals surface area contributed by atoms with Crippen LogP contribution >= 0.6 is 0 Å². The van der Waals surface area contributed by atoms with E-state index < -0.39 is 0 Å². The smallest absolute Gasteiger partial charge is 0.323 e. The molecule has 0 radical (unpaired) electrons.